The van der Waals surface area contributed by atoms with Crippen molar-refractivity contribution in [2.24, 2.45) is 0 Å². The van der Waals surface area contributed by atoms with Gasteiger partial charge in [-0.05, 0) is 61.1 Å². The van der Waals surface area contributed by atoms with E-state index in [2.05, 4.69) is 24.3 Å². The molecule has 0 radical (unpaired) electrons. The second-order valence-electron chi connectivity index (χ2n) is 7.31. The average molecular weight is 348 g/mol. The van der Waals surface area contributed by atoms with Gasteiger partial charge in [-0.15, -0.1) is 0 Å². The Morgan fingerprint density at radius 3 is 2.70 bits per heavy atom. The molecule has 3 heterocycles. The summed E-state index contributed by atoms with van der Waals surface area (Å²) in [5.74, 6) is 0. The van der Waals surface area contributed by atoms with Crippen molar-refractivity contribution in [1.29, 1.82) is 5.26 Å². The Hall–Kier alpha value is -3.45. The van der Waals surface area contributed by atoms with Gasteiger partial charge in [0, 0.05) is 10.8 Å². The second kappa shape index (κ2) is 5.28. The molecule has 2 aromatic carbocycles. The van der Waals surface area contributed by atoms with Crippen LogP contribution in [0.4, 0.5) is 0 Å². The summed E-state index contributed by atoms with van der Waals surface area (Å²) in [6.07, 6.45) is 4.72. The molecule has 0 unspecified atom stereocenters. The van der Waals surface area contributed by atoms with Crippen molar-refractivity contribution < 1.29 is 0 Å². The van der Waals surface area contributed by atoms with Gasteiger partial charge in [-0.1, -0.05) is 24.3 Å². The third kappa shape index (κ3) is 1.97. The Kier molecular flexibility index (Phi) is 2.87. The molecule has 0 spiro atoms. The Balaban J connectivity index is 1.85. The number of aryl methyl sites for hydroxylation is 2. The summed E-state index contributed by atoms with van der Waals surface area (Å²) in [5.41, 5.74) is 7.95. The monoisotopic (exact) mass is 348 g/mol. The number of aromatic nitrogens is 3. The van der Waals surface area contributed by atoms with Crippen LogP contribution in [0, 0.1) is 11.3 Å². The zero-order valence-electron chi connectivity index (χ0n) is 14.7. The Labute approximate surface area is 155 Å². The van der Waals surface area contributed by atoms with Crippen LogP contribution in [0.3, 0.4) is 0 Å². The summed E-state index contributed by atoms with van der Waals surface area (Å²) in [7, 11) is 0. The topological polar surface area (TPSA) is 54.0 Å². The zero-order chi connectivity index (χ0) is 18.0. The molecule has 0 atom stereocenters. The van der Waals surface area contributed by atoms with E-state index >= 15 is 0 Å². The first-order valence-electron chi connectivity index (χ1n) is 9.39. The molecule has 0 saturated heterocycles. The van der Waals surface area contributed by atoms with Crippen LogP contribution in [-0.4, -0.2) is 14.4 Å². The van der Waals surface area contributed by atoms with Crippen molar-refractivity contribution in [1.82, 2.24) is 14.4 Å². The highest BCUT2D eigenvalue weighted by Crippen LogP contribution is 2.32. The van der Waals surface area contributed by atoms with Gasteiger partial charge in [0.1, 0.15) is 11.7 Å². The van der Waals surface area contributed by atoms with Gasteiger partial charge in [0.05, 0.1) is 22.1 Å². The van der Waals surface area contributed by atoms with Crippen LogP contribution >= 0.6 is 0 Å². The number of rotatable bonds is 0. The van der Waals surface area contributed by atoms with Crippen molar-refractivity contribution in [2.75, 3.05) is 0 Å². The van der Waals surface area contributed by atoms with Gasteiger partial charge in [-0.3, -0.25) is 4.40 Å². The molecule has 4 nitrogen and oxygen atoms in total. The fourth-order valence-corrected chi connectivity index (χ4v) is 4.49. The van der Waals surface area contributed by atoms with Crippen LogP contribution in [0.1, 0.15) is 29.5 Å². The molecular formula is C23H16N4. The highest BCUT2D eigenvalue weighted by Gasteiger charge is 2.17. The molecule has 0 fully saturated rings. The van der Waals surface area contributed by atoms with E-state index in [0.29, 0.717) is 11.2 Å². The lowest BCUT2D eigenvalue weighted by molar-refractivity contribution is 0.689. The number of nitrogens with zero attached hydrogens (tertiary/aromatic N) is 4. The number of benzene rings is 2. The van der Waals surface area contributed by atoms with Gasteiger partial charge in [0.15, 0.2) is 5.65 Å². The van der Waals surface area contributed by atoms with Crippen LogP contribution in [0.25, 0.3) is 38.6 Å². The molecule has 0 N–H and O–H groups in total. The van der Waals surface area contributed by atoms with Gasteiger partial charge in [0.2, 0.25) is 0 Å². The molecule has 128 valence electrons. The summed E-state index contributed by atoms with van der Waals surface area (Å²) in [6.45, 7) is 0. The molecule has 27 heavy (non-hydrogen) atoms. The SMILES string of the molecule is N#Cc1cc2cc3ccc4c(c3nc2n2c1nc1ccccc12)CCCC4. The average Bonchev–Trinajstić information content (AvgIpc) is 3.11. The third-order valence-corrected chi connectivity index (χ3v) is 5.75. The maximum atomic E-state index is 9.67. The van der Waals surface area contributed by atoms with Gasteiger partial charge >= 0.3 is 0 Å². The van der Waals surface area contributed by atoms with E-state index in [4.69, 9.17) is 9.97 Å². The van der Waals surface area contributed by atoms with E-state index in [0.717, 1.165) is 45.8 Å². The lowest BCUT2D eigenvalue weighted by Crippen LogP contribution is -2.05. The van der Waals surface area contributed by atoms with Gasteiger partial charge < -0.3 is 0 Å². The standard InChI is InChI=1S/C23H16N4/c24-13-17-12-16-11-15-10-9-14-5-1-2-6-18(14)21(15)26-22(16)27-20-8-4-3-7-19(20)25-23(17)27/h3-4,7-12H,1-2,5-6H2. The Morgan fingerprint density at radius 2 is 1.78 bits per heavy atom. The van der Waals surface area contributed by atoms with Gasteiger partial charge in [-0.25, -0.2) is 9.97 Å². The maximum absolute atomic E-state index is 9.67. The van der Waals surface area contributed by atoms with Gasteiger partial charge in [0.25, 0.3) is 0 Å². The van der Waals surface area contributed by atoms with Crippen LogP contribution < -0.4 is 0 Å². The summed E-state index contributed by atoms with van der Waals surface area (Å²) in [6, 6.07) is 18.8. The van der Waals surface area contributed by atoms with Gasteiger partial charge in [-0.2, -0.15) is 5.26 Å². The molecule has 0 saturated carbocycles. The van der Waals surface area contributed by atoms with Crippen LogP contribution in [0.2, 0.25) is 0 Å². The van der Waals surface area contributed by atoms with Crippen molar-refractivity contribution in [2.45, 2.75) is 25.7 Å². The molecule has 0 amide bonds. The number of nitriles is 1. The minimum atomic E-state index is 0.581. The predicted octanol–water partition coefficient (Wildman–Crippen LogP) is 4.94. The first-order chi connectivity index (χ1) is 13.3. The Bertz CT molecular complexity index is 1440. The van der Waals surface area contributed by atoms with E-state index in [1.165, 1.54) is 24.0 Å². The van der Waals surface area contributed by atoms with Crippen molar-refractivity contribution in [3.8, 4) is 6.07 Å². The summed E-state index contributed by atoms with van der Waals surface area (Å²) >= 11 is 0. The zero-order valence-corrected chi connectivity index (χ0v) is 14.7. The summed E-state index contributed by atoms with van der Waals surface area (Å²) in [4.78, 5) is 9.83. The number of fused-ring (bicyclic) bond motifs is 8. The van der Waals surface area contributed by atoms with Crippen LogP contribution in [0.5, 0.6) is 0 Å². The molecular weight excluding hydrogens is 332 g/mol. The highest BCUT2D eigenvalue weighted by atomic mass is 15.1. The molecule has 3 aromatic heterocycles. The fraction of sp³-hybridized carbons (Fsp3) is 0.174. The lowest BCUT2D eigenvalue weighted by atomic mass is 9.89. The van der Waals surface area contributed by atoms with Crippen LogP contribution in [0.15, 0.2) is 48.5 Å². The predicted molar refractivity (Wildman–Crippen MR) is 107 cm³/mol. The molecule has 1 aliphatic rings. The van der Waals surface area contributed by atoms with E-state index in [9.17, 15) is 5.26 Å². The van der Waals surface area contributed by atoms with E-state index < -0.39 is 0 Å². The molecule has 5 aromatic rings. The smallest absolute Gasteiger partial charge is 0.157 e. The first-order valence-corrected chi connectivity index (χ1v) is 9.39. The fourth-order valence-electron chi connectivity index (χ4n) is 4.49. The number of imidazole rings is 1. The Morgan fingerprint density at radius 1 is 0.889 bits per heavy atom. The van der Waals surface area contributed by atoms with E-state index in [-0.39, 0.29) is 0 Å². The number of pyridine rings is 2. The maximum Gasteiger partial charge on any atom is 0.157 e. The number of para-hydroxylation sites is 2. The lowest BCUT2D eigenvalue weighted by Gasteiger charge is -2.18. The molecule has 6 rings (SSSR count). The largest absolute Gasteiger partial charge is 0.275 e. The number of hydrogen-bond acceptors (Lipinski definition) is 3. The van der Waals surface area contributed by atoms with Crippen molar-refractivity contribution in [3.63, 3.8) is 0 Å². The normalized spacial score (nSPS) is 14.0. The second-order valence-corrected chi connectivity index (χ2v) is 7.31. The highest BCUT2D eigenvalue weighted by molar-refractivity contribution is 5.98. The molecule has 4 heteroatoms. The summed E-state index contributed by atoms with van der Waals surface area (Å²) < 4.78 is 2.05. The van der Waals surface area contributed by atoms with Crippen molar-refractivity contribution >= 4 is 38.6 Å². The minimum absolute atomic E-state index is 0.581. The van der Waals surface area contributed by atoms with E-state index in [1.54, 1.807) is 0 Å². The number of hydrogen-bond donors (Lipinski definition) is 0. The van der Waals surface area contributed by atoms with Crippen LogP contribution in [-0.2, 0) is 12.8 Å². The minimum Gasteiger partial charge on any atom is -0.275 e. The quantitative estimate of drug-likeness (QED) is 0.373. The molecule has 1 aliphatic carbocycles. The first kappa shape index (κ1) is 14.7. The van der Waals surface area contributed by atoms with Crippen molar-refractivity contribution in [3.05, 3.63) is 65.2 Å². The van der Waals surface area contributed by atoms with E-state index in [1.807, 2.05) is 34.7 Å². The molecule has 0 aliphatic heterocycles. The molecule has 0 bridgehead atoms. The summed E-state index contributed by atoms with van der Waals surface area (Å²) in [5, 5.41) is 11.8. The third-order valence-electron chi connectivity index (χ3n) is 5.75.